The van der Waals surface area contributed by atoms with E-state index >= 15 is 0 Å². The molecule has 24 heavy (non-hydrogen) atoms. The highest BCUT2D eigenvalue weighted by Crippen LogP contribution is 2.17. The Morgan fingerprint density at radius 2 is 1.88 bits per heavy atom. The number of aliphatic carboxylic acids is 1. The van der Waals surface area contributed by atoms with Gasteiger partial charge in [-0.2, -0.15) is 0 Å². The summed E-state index contributed by atoms with van der Waals surface area (Å²) in [6.07, 6.45) is 3.04. The second-order valence-corrected chi connectivity index (χ2v) is 6.42. The van der Waals surface area contributed by atoms with E-state index in [1.165, 1.54) is 11.3 Å². The maximum Gasteiger partial charge on any atom is 0.372 e. The predicted molar refractivity (Wildman–Crippen MR) is 90.4 cm³/mol. The van der Waals surface area contributed by atoms with Gasteiger partial charge >= 0.3 is 10.8 Å². The number of nitrogens with one attached hydrogen (secondary N) is 1. The number of carbonyl (C=O) groups is 2. The lowest BCUT2D eigenvalue weighted by molar-refractivity contribution is -0.148. The molecule has 0 aliphatic carbocycles. The Balaban J connectivity index is 1.64. The Labute approximate surface area is 140 Å². The summed E-state index contributed by atoms with van der Waals surface area (Å²) in [4.78, 5) is 39.9. The first-order valence-electron chi connectivity index (χ1n) is 7.33. The van der Waals surface area contributed by atoms with Crippen molar-refractivity contribution in [2.24, 2.45) is 0 Å². The lowest BCUT2D eigenvalue weighted by Gasteiger charge is -2.04. The number of ketones is 1. The van der Waals surface area contributed by atoms with E-state index < -0.39 is 11.8 Å². The first-order chi connectivity index (χ1) is 11.5. The number of thiazole rings is 1. The molecule has 0 fully saturated rings. The van der Waals surface area contributed by atoms with Gasteiger partial charge in [0.05, 0.1) is 16.6 Å². The Morgan fingerprint density at radius 1 is 1.12 bits per heavy atom. The van der Waals surface area contributed by atoms with Gasteiger partial charge in [-0.25, -0.2) is 4.79 Å². The molecule has 6 nitrogen and oxygen atoms in total. The highest BCUT2D eigenvalue weighted by Gasteiger charge is 2.12. The monoisotopic (exact) mass is 342 g/mol. The highest BCUT2D eigenvalue weighted by molar-refractivity contribution is 7.16. The molecule has 2 heterocycles. The average molecular weight is 342 g/mol. The molecule has 0 unspecified atom stereocenters. The fraction of sp³-hybridized carbons (Fsp3) is 0.176. The van der Waals surface area contributed by atoms with Crippen LogP contribution in [0.5, 0.6) is 0 Å². The van der Waals surface area contributed by atoms with Crippen molar-refractivity contribution in [2.45, 2.75) is 19.3 Å². The molecule has 3 aromatic rings. The Kier molecular flexibility index (Phi) is 4.52. The van der Waals surface area contributed by atoms with Gasteiger partial charge in [-0.3, -0.25) is 14.6 Å². The van der Waals surface area contributed by atoms with E-state index in [0.717, 1.165) is 34.2 Å². The number of Topliss-reactive ketones (excluding diaryl/α,β-unsaturated/α-hetero) is 1. The summed E-state index contributed by atoms with van der Waals surface area (Å²) < 4.78 is 0.943. The molecule has 0 saturated heterocycles. The molecule has 0 amide bonds. The van der Waals surface area contributed by atoms with Crippen LogP contribution in [0.3, 0.4) is 0 Å². The number of nitrogens with zero attached hydrogens (tertiary/aromatic N) is 1. The topological polar surface area (TPSA) is 100 Å². The van der Waals surface area contributed by atoms with Gasteiger partial charge in [0.25, 0.3) is 0 Å². The lowest BCUT2D eigenvalue weighted by Crippen LogP contribution is -2.15. The standard InChI is InChI=1S/C17H14N2O4S/c20-14(16(21)22)8-12-5-3-11(9-18-12)2-1-10-4-6-13-15(7-10)24-17(23)19-13/h3-7,9H,1-2,8H2,(H,19,23)(H,21,22). The molecule has 0 spiro atoms. The van der Waals surface area contributed by atoms with Crippen LogP contribution >= 0.6 is 11.3 Å². The third-order valence-corrected chi connectivity index (χ3v) is 4.50. The molecule has 3 rings (SSSR count). The molecule has 2 aromatic heterocycles. The van der Waals surface area contributed by atoms with E-state index in [2.05, 4.69) is 9.97 Å². The fourth-order valence-electron chi connectivity index (χ4n) is 2.38. The lowest BCUT2D eigenvalue weighted by atomic mass is 10.0. The van der Waals surface area contributed by atoms with Gasteiger partial charge in [0.15, 0.2) is 0 Å². The van der Waals surface area contributed by atoms with E-state index in [9.17, 15) is 14.4 Å². The van der Waals surface area contributed by atoms with Crippen molar-refractivity contribution in [1.29, 1.82) is 0 Å². The number of carbonyl (C=O) groups excluding carboxylic acids is 1. The number of H-pyrrole nitrogens is 1. The zero-order valence-corrected chi connectivity index (χ0v) is 13.4. The Bertz CT molecular complexity index is 957. The Hall–Kier alpha value is -2.80. The minimum atomic E-state index is -1.44. The predicted octanol–water partition coefficient (Wildman–Crippen LogP) is 1.97. The molecule has 0 radical (unpaired) electrons. The maximum atomic E-state index is 11.3. The molecule has 0 atom stereocenters. The van der Waals surface area contributed by atoms with Crippen LogP contribution in [0.4, 0.5) is 0 Å². The fourth-order valence-corrected chi connectivity index (χ4v) is 3.18. The van der Waals surface area contributed by atoms with Crippen LogP contribution in [0.15, 0.2) is 41.3 Å². The van der Waals surface area contributed by atoms with E-state index in [1.54, 1.807) is 12.3 Å². The summed E-state index contributed by atoms with van der Waals surface area (Å²) in [5.41, 5.74) is 3.43. The third kappa shape index (κ3) is 3.75. The molecule has 0 aliphatic heterocycles. The second-order valence-electron chi connectivity index (χ2n) is 5.41. The average Bonchev–Trinajstić information content (AvgIpc) is 2.93. The SMILES string of the molecule is O=C(O)C(=O)Cc1ccc(CCc2ccc3[nH]c(=O)sc3c2)cn1. The third-order valence-electron chi connectivity index (χ3n) is 3.65. The number of hydrogen-bond acceptors (Lipinski definition) is 5. The number of carboxylic acids is 1. The molecule has 1 aromatic carbocycles. The maximum absolute atomic E-state index is 11.3. The highest BCUT2D eigenvalue weighted by atomic mass is 32.1. The molecule has 0 aliphatic rings. The second kappa shape index (κ2) is 6.76. The molecule has 2 N–H and O–H groups in total. The van der Waals surface area contributed by atoms with Crippen molar-refractivity contribution in [3.05, 3.63) is 63.0 Å². The van der Waals surface area contributed by atoms with Gasteiger partial charge < -0.3 is 10.1 Å². The molecule has 0 bridgehead atoms. The number of carboxylic acid groups (broad SMARTS) is 1. The van der Waals surface area contributed by atoms with Crippen molar-refractivity contribution in [3.8, 4) is 0 Å². The van der Waals surface area contributed by atoms with Gasteiger partial charge in [0.1, 0.15) is 0 Å². The Morgan fingerprint density at radius 3 is 2.58 bits per heavy atom. The van der Waals surface area contributed by atoms with Crippen molar-refractivity contribution >= 4 is 33.3 Å². The summed E-state index contributed by atoms with van der Waals surface area (Å²) >= 11 is 1.19. The number of aryl methyl sites for hydroxylation is 2. The van der Waals surface area contributed by atoms with E-state index in [1.807, 2.05) is 24.3 Å². The van der Waals surface area contributed by atoms with E-state index in [4.69, 9.17) is 5.11 Å². The number of pyridine rings is 1. The van der Waals surface area contributed by atoms with Crippen LogP contribution in [0.25, 0.3) is 10.2 Å². The van der Waals surface area contributed by atoms with Crippen molar-refractivity contribution in [3.63, 3.8) is 0 Å². The zero-order chi connectivity index (χ0) is 17.1. The molecular formula is C17H14N2O4S. The first-order valence-corrected chi connectivity index (χ1v) is 8.14. The van der Waals surface area contributed by atoms with E-state index in [0.29, 0.717) is 5.69 Å². The van der Waals surface area contributed by atoms with Gasteiger partial charge in [0, 0.05) is 11.9 Å². The zero-order valence-electron chi connectivity index (χ0n) is 12.6. The number of hydrogen-bond donors (Lipinski definition) is 2. The largest absolute Gasteiger partial charge is 0.475 e. The van der Waals surface area contributed by atoms with Crippen LogP contribution in [0.2, 0.25) is 0 Å². The van der Waals surface area contributed by atoms with Crippen molar-refractivity contribution in [1.82, 2.24) is 9.97 Å². The first kappa shape index (κ1) is 16.1. The summed E-state index contributed by atoms with van der Waals surface area (Å²) in [6, 6.07) is 9.42. The van der Waals surface area contributed by atoms with Crippen LogP contribution in [0.1, 0.15) is 16.8 Å². The van der Waals surface area contributed by atoms with Crippen molar-refractivity contribution in [2.75, 3.05) is 0 Å². The summed E-state index contributed by atoms with van der Waals surface area (Å²) in [7, 11) is 0. The quantitative estimate of drug-likeness (QED) is 0.667. The smallest absolute Gasteiger partial charge is 0.372 e. The van der Waals surface area contributed by atoms with Crippen LogP contribution < -0.4 is 4.87 Å². The van der Waals surface area contributed by atoms with Crippen LogP contribution in [0, 0.1) is 0 Å². The number of fused-ring (bicyclic) bond motifs is 1. The van der Waals surface area contributed by atoms with Crippen LogP contribution in [-0.2, 0) is 28.9 Å². The molecular weight excluding hydrogens is 328 g/mol. The number of aromatic nitrogens is 2. The van der Waals surface area contributed by atoms with Gasteiger partial charge in [-0.15, -0.1) is 0 Å². The number of benzene rings is 1. The van der Waals surface area contributed by atoms with Gasteiger partial charge in [0.2, 0.25) is 5.78 Å². The van der Waals surface area contributed by atoms with Crippen molar-refractivity contribution < 1.29 is 14.7 Å². The molecule has 122 valence electrons. The summed E-state index contributed by atoms with van der Waals surface area (Å²) in [6.45, 7) is 0. The van der Waals surface area contributed by atoms with E-state index in [-0.39, 0.29) is 11.3 Å². The number of rotatable bonds is 6. The normalized spacial score (nSPS) is 10.8. The molecule has 0 saturated carbocycles. The minimum absolute atomic E-state index is 0.0575. The van der Waals surface area contributed by atoms with Crippen LogP contribution in [-0.4, -0.2) is 26.8 Å². The summed E-state index contributed by atoms with van der Waals surface area (Å²) in [5.74, 6) is -2.31. The molecule has 7 heteroatoms. The minimum Gasteiger partial charge on any atom is -0.475 e. The number of aromatic amines is 1. The van der Waals surface area contributed by atoms with Gasteiger partial charge in [-0.1, -0.05) is 23.5 Å². The van der Waals surface area contributed by atoms with Gasteiger partial charge in [-0.05, 0) is 42.2 Å². The summed E-state index contributed by atoms with van der Waals surface area (Å²) in [5, 5.41) is 8.59.